The molecule has 1 N–H and O–H groups in total. The Kier molecular flexibility index (Phi) is 5.76. The Morgan fingerprint density at radius 2 is 2.11 bits per heavy atom. The predicted molar refractivity (Wildman–Crippen MR) is 77.4 cm³/mol. The summed E-state index contributed by atoms with van der Waals surface area (Å²) in [5, 5.41) is 8.56. The van der Waals surface area contributed by atoms with E-state index in [0.717, 1.165) is 17.5 Å². The summed E-state index contributed by atoms with van der Waals surface area (Å²) in [6, 6.07) is 3.51. The van der Waals surface area contributed by atoms with Gasteiger partial charge in [-0.3, -0.25) is 4.79 Å². The zero-order valence-electron chi connectivity index (χ0n) is 11.4. The van der Waals surface area contributed by atoms with Crippen LogP contribution in [0, 0.1) is 5.92 Å². The number of rotatable bonds is 6. The van der Waals surface area contributed by atoms with E-state index in [1.807, 2.05) is 6.92 Å². The van der Waals surface area contributed by atoms with Crippen LogP contribution in [-0.2, 0) is 4.79 Å². The van der Waals surface area contributed by atoms with Crippen molar-refractivity contribution in [3.05, 3.63) is 28.0 Å². The smallest absolute Gasteiger partial charge is 0.328 e. The lowest BCUT2D eigenvalue weighted by Crippen LogP contribution is -2.33. The number of thiophene rings is 1. The number of aliphatic carboxylic acids is 1. The van der Waals surface area contributed by atoms with Crippen LogP contribution in [0.15, 0.2) is 18.2 Å². The van der Waals surface area contributed by atoms with Gasteiger partial charge in [-0.1, -0.05) is 13.8 Å². The lowest BCUT2D eigenvalue weighted by molar-refractivity contribution is -0.131. The molecule has 0 spiro atoms. The third kappa shape index (κ3) is 4.87. The van der Waals surface area contributed by atoms with E-state index < -0.39 is 5.97 Å². The van der Waals surface area contributed by atoms with Gasteiger partial charge in [0.25, 0.3) is 5.91 Å². The highest BCUT2D eigenvalue weighted by Gasteiger charge is 2.16. The molecule has 0 radical (unpaired) electrons. The summed E-state index contributed by atoms with van der Waals surface area (Å²) in [6.07, 6.45) is 2.58. The molecule has 0 fully saturated rings. The first-order chi connectivity index (χ1) is 8.93. The Hall–Kier alpha value is -1.62. The van der Waals surface area contributed by atoms with Crippen LogP contribution in [0.2, 0.25) is 0 Å². The molecule has 1 aromatic rings. The van der Waals surface area contributed by atoms with Crippen molar-refractivity contribution >= 4 is 29.3 Å². The van der Waals surface area contributed by atoms with Gasteiger partial charge < -0.3 is 10.0 Å². The van der Waals surface area contributed by atoms with Crippen LogP contribution in [0.1, 0.15) is 35.3 Å². The molecule has 0 saturated carbocycles. The van der Waals surface area contributed by atoms with Crippen LogP contribution in [-0.4, -0.2) is 35.0 Å². The van der Waals surface area contributed by atoms with E-state index >= 15 is 0 Å². The molecule has 104 valence electrons. The maximum atomic E-state index is 12.3. The van der Waals surface area contributed by atoms with Crippen molar-refractivity contribution in [1.29, 1.82) is 0 Å². The fraction of sp³-hybridized carbons (Fsp3) is 0.429. The van der Waals surface area contributed by atoms with Crippen LogP contribution in [0.5, 0.6) is 0 Å². The summed E-state index contributed by atoms with van der Waals surface area (Å²) in [7, 11) is 0. The third-order valence-electron chi connectivity index (χ3n) is 2.48. The number of nitrogens with zero attached hydrogens (tertiary/aromatic N) is 1. The molecule has 1 rings (SSSR count). The zero-order valence-corrected chi connectivity index (χ0v) is 12.2. The van der Waals surface area contributed by atoms with Crippen LogP contribution in [0.4, 0.5) is 0 Å². The van der Waals surface area contributed by atoms with E-state index in [1.54, 1.807) is 17.0 Å². The Morgan fingerprint density at radius 1 is 1.42 bits per heavy atom. The number of carboxylic acids is 1. The van der Waals surface area contributed by atoms with Crippen molar-refractivity contribution in [2.45, 2.75) is 20.8 Å². The number of amides is 1. The minimum atomic E-state index is -0.990. The Balaban J connectivity index is 2.79. The molecule has 0 aliphatic heterocycles. The lowest BCUT2D eigenvalue weighted by atomic mass is 10.2. The molecule has 4 nitrogen and oxygen atoms in total. The molecule has 1 heterocycles. The fourth-order valence-electron chi connectivity index (χ4n) is 1.66. The van der Waals surface area contributed by atoms with E-state index in [2.05, 4.69) is 13.8 Å². The molecule has 0 aliphatic rings. The molecule has 0 aromatic carbocycles. The van der Waals surface area contributed by atoms with Gasteiger partial charge in [0.15, 0.2) is 0 Å². The first-order valence-electron chi connectivity index (χ1n) is 6.24. The molecule has 0 unspecified atom stereocenters. The highest BCUT2D eigenvalue weighted by Crippen LogP contribution is 2.20. The quantitative estimate of drug-likeness (QED) is 0.816. The van der Waals surface area contributed by atoms with Crippen LogP contribution < -0.4 is 0 Å². The summed E-state index contributed by atoms with van der Waals surface area (Å²) in [5.41, 5.74) is 0. The molecule has 19 heavy (non-hydrogen) atoms. The number of carbonyl (C=O) groups is 2. The first-order valence-corrected chi connectivity index (χ1v) is 7.05. The van der Waals surface area contributed by atoms with Gasteiger partial charge in [-0.25, -0.2) is 4.79 Å². The summed E-state index contributed by atoms with van der Waals surface area (Å²) in [6.45, 7) is 7.51. The largest absolute Gasteiger partial charge is 0.478 e. The molecule has 5 heteroatoms. The lowest BCUT2D eigenvalue weighted by Gasteiger charge is -2.22. The van der Waals surface area contributed by atoms with Crippen molar-refractivity contribution in [1.82, 2.24) is 4.90 Å². The van der Waals surface area contributed by atoms with Crippen LogP contribution in [0.25, 0.3) is 6.08 Å². The second kappa shape index (κ2) is 7.09. The Morgan fingerprint density at radius 3 is 2.63 bits per heavy atom. The molecule has 0 bridgehead atoms. The monoisotopic (exact) mass is 281 g/mol. The van der Waals surface area contributed by atoms with Crippen molar-refractivity contribution < 1.29 is 14.7 Å². The number of carbonyl (C=O) groups excluding carboxylic acids is 1. The van der Waals surface area contributed by atoms with Gasteiger partial charge in [-0.05, 0) is 31.1 Å². The SMILES string of the molecule is CCN(CC(C)C)C(=O)c1ccc(C=CC(=O)O)s1. The zero-order chi connectivity index (χ0) is 14.4. The maximum Gasteiger partial charge on any atom is 0.328 e. The van der Waals surface area contributed by atoms with Crippen molar-refractivity contribution in [2.75, 3.05) is 13.1 Å². The minimum absolute atomic E-state index is 0.0103. The van der Waals surface area contributed by atoms with Gasteiger partial charge in [0.1, 0.15) is 0 Å². The molecule has 1 amide bonds. The van der Waals surface area contributed by atoms with Gasteiger partial charge >= 0.3 is 5.97 Å². The molecule has 0 aliphatic carbocycles. The topological polar surface area (TPSA) is 57.6 Å². The number of hydrogen-bond acceptors (Lipinski definition) is 3. The summed E-state index contributed by atoms with van der Waals surface area (Å²) < 4.78 is 0. The minimum Gasteiger partial charge on any atom is -0.478 e. The average Bonchev–Trinajstić information content (AvgIpc) is 2.81. The molecule has 0 atom stereocenters. The van der Waals surface area contributed by atoms with Crippen LogP contribution >= 0.6 is 11.3 Å². The van der Waals surface area contributed by atoms with Gasteiger partial charge in [0.2, 0.25) is 0 Å². The third-order valence-corrected chi connectivity index (χ3v) is 3.52. The van der Waals surface area contributed by atoms with Crippen molar-refractivity contribution in [3.8, 4) is 0 Å². The van der Waals surface area contributed by atoms with Gasteiger partial charge in [-0.2, -0.15) is 0 Å². The summed E-state index contributed by atoms with van der Waals surface area (Å²) in [4.78, 5) is 25.9. The highest BCUT2D eigenvalue weighted by molar-refractivity contribution is 7.14. The number of hydrogen-bond donors (Lipinski definition) is 1. The van der Waals surface area contributed by atoms with E-state index in [-0.39, 0.29) is 5.91 Å². The predicted octanol–water partition coefficient (Wildman–Crippen LogP) is 2.96. The number of carboxylic acid groups (broad SMARTS) is 1. The maximum absolute atomic E-state index is 12.3. The average molecular weight is 281 g/mol. The van der Waals surface area contributed by atoms with E-state index in [1.165, 1.54) is 17.4 Å². The van der Waals surface area contributed by atoms with E-state index in [0.29, 0.717) is 17.3 Å². The molecular weight excluding hydrogens is 262 g/mol. The first kappa shape index (κ1) is 15.4. The van der Waals surface area contributed by atoms with Gasteiger partial charge in [0.05, 0.1) is 4.88 Å². The van der Waals surface area contributed by atoms with Crippen molar-refractivity contribution in [2.24, 2.45) is 5.92 Å². The van der Waals surface area contributed by atoms with Gasteiger partial charge in [0, 0.05) is 24.0 Å². The second-order valence-electron chi connectivity index (χ2n) is 4.61. The summed E-state index contributed by atoms with van der Waals surface area (Å²) in [5.74, 6) is -0.553. The van der Waals surface area contributed by atoms with E-state index in [9.17, 15) is 9.59 Å². The normalized spacial score (nSPS) is 11.2. The second-order valence-corrected chi connectivity index (χ2v) is 5.73. The highest BCUT2D eigenvalue weighted by atomic mass is 32.1. The molecule has 1 aromatic heterocycles. The molecular formula is C14H19NO3S. The molecule has 0 saturated heterocycles. The summed E-state index contributed by atoms with van der Waals surface area (Å²) >= 11 is 1.31. The standard InChI is InChI=1S/C14H19NO3S/c1-4-15(9-10(2)3)14(18)12-7-5-11(19-12)6-8-13(16)17/h5-8,10H,4,9H2,1-3H3,(H,16,17). The Bertz CT molecular complexity index is 477. The van der Waals surface area contributed by atoms with Crippen LogP contribution in [0.3, 0.4) is 0 Å². The fourth-order valence-corrected chi connectivity index (χ4v) is 2.54. The van der Waals surface area contributed by atoms with Gasteiger partial charge in [-0.15, -0.1) is 11.3 Å². The Labute approximate surface area is 117 Å². The van der Waals surface area contributed by atoms with Crippen molar-refractivity contribution in [3.63, 3.8) is 0 Å². The van der Waals surface area contributed by atoms with E-state index in [4.69, 9.17) is 5.11 Å².